The molecule has 1 aromatic carbocycles. The van der Waals surface area contributed by atoms with Crippen LogP contribution in [0.25, 0.3) is 10.9 Å². The van der Waals surface area contributed by atoms with Gasteiger partial charge in [0, 0.05) is 11.5 Å². The van der Waals surface area contributed by atoms with Crippen molar-refractivity contribution in [3.8, 4) is 5.75 Å². The van der Waals surface area contributed by atoms with E-state index in [4.69, 9.17) is 4.74 Å². The minimum Gasteiger partial charge on any atom is -0.496 e. The van der Waals surface area contributed by atoms with Gasteiger partial charge in [-0.25, -0.2) is 4.98 Å². The van der Waals surface area contributed by atoms with Crippen LogP contribution in [0.2, 0.25) is 0 Å². The number of hydrogen-bond donors (Lipinski definition) is 0. The lowest BCUT2D eigenvalue weighted by Crippen LogP contribution is -1.95. The summed E-state index contributed by atoms with van der Waals surface area (Å²) >= 11 is 0. The van der Waals surface area contributed by atoms with Crippen molar-refractivity contribution in [1.29, 1.82) is 0 Å². The summed E-state index contributed by atoms with van der Waals surface area (Å²) in [5, 5.41) is 0.951. The molecule has 1 aromatic heterocycles. The van der Waals surface area contributed by atoms with Gasteiger partial charge in [-0.15, -0.1) is 0 Å². The van der Waals surface area contributed by atoms with Crippen molar-refractivity contribution in [3.05, 3.63) is 35.5 Å². The van der Waals surface area contributed by atoms with Gasteiger partial charge in [0.1, 0.15) is 11.4 Å². The highest BCUT2D eigenvalue weighted by molar-refractivity contribution is 5.91. The number of benzene rings is 1. The van der Waals surface area contributed by atoms with E-state index in [1.807, 2.05) is 18.2 Å². The Balaban J connectivity index is 2.83. The number of aldehydes is 1. The maximum atomic E-state index is 10.8. The zero-order chi connectivity index (χ0) is 11.5. The molecule has 0 aliphatic heterocycles. The Labute approximate surface area is 94.1 Å². The molecule has 3 heteroatoms. The molecule has 0 bridgehead atoms. The zero-order valence-corrected chi connectivity index (χ0v) is 9.36. The monoisotopic (exact) mass is 215 g/mol. The van der Waals surface area contributed by atoms with Crippen molar-refractivity contribution in [2.45, 2.75) is 13.3 Å². The summed E-state index contributed by atoms with van der Waals surface area (Å²) in [5.74, 6) is 0.697. The molecule has 3 nitrogen and oxygen atoms in total. The molecule has 0 spiro atoms. The number of methoxy groups -OCH3 is 1. The van der Waals surface area contributed by atoms with E-state index in [-0.39, 0.29) is 0 Å². The SMILES string of the molecule is CCc1cccc2c(OC)cc(C=O)nc12. The average molecular weight is 215 g/mol. The molecule has 0 saturated carbocycles. The van der Waals surface area contributed by atoms with Crippen molar-refractivity contribution < 1.29 is 9.53 Å². The van der Waals surface area contributed by atoms with Gasteiger partial charge < -0.3 is 4.74 Å². The second-order valence-electron chi connectivity index (χ2n) is 3.53. The van der Waals surface area contributed by atoms with Gasteiger partial charge in [0.2, 0.25) is 0 Å². The van der Waals surface area contributed by atoms with E-state index < -0.39 is 0 Å². The molecule has 0 radical (unpaired) electrons. The van der Waals surface area contributed by atoms with E-state index in [2.05, 4.69) is 11.9 Å². The number of aryl methyl sites for hydroxylation is 1. The maximum Gasteiger partial charge on any atom is 0.168 e. The third-order valence-corrected chi connectivity index (χ3v) is 2.63. The van der Waals surface area contributed by atoms with Crippen LogP contribution in [0.4, 0.5) is 0 Å². The first-order chi connectivity index (χ1) is 7.80. The summed E-state index contributed by atoms with van der Waals surface area (Å²) in [4.78, 5) is 15.1. The second-order valence-corrected chi connectivity index (χ2v) is 3.53. The number of aromatic nitrogens is 1. The summed E-state index contributed by atoms with van der Waals surface area (Å²) in [6.07, 6.45) is 1.63. The average Bonchev–Trinajstić information content (AvgIpc) is 2.36. The molecule has 82 valence electrons. The van der Waals surface area contributed by atoms with Gasteiger partial charge in [-0.3, -0.25) is 4.79 Å². The molecule has 0 N–H and O–H groups in total. The van der Waals surface area contributed by atoms with Gasteiger partial charge in [-0.1, -0.05) is 19.1 Å². The molecule has 0 saturated heterocycles. The van der Waals surface area contributed by atoms with Crippen molar-refractivity contribution in [2.75, 3.05) is 7.11 Å². The van der Waals surface area contributed by atoms with Crippen molar-refractivity contribution >= 4 is 17.2 Å². The molecule has 2 aromatic rings. The number of hydrogen-bond acceptors (Lipinski definition) is 3. The molecular formula is C13H13NO2. The van der Waals surface area contributed by atoms with Crippen molar-refractivity contribution in [2.24, 2.45) is 0 Å². The minimum absolute atomic E-state index is 0.408. The van der Waals surface area contributed by atoms with Gasteiger partial charge in [-0.05, 0) is 18.1 Å². The van der Waals surface area contributed by atoms with E-state index in [1.165, 1.54) is 0 Å². The number of ether oxygens (including phenoxy) is 1. The Bertz CT molecular complexity index is 535. The summed E-state index contributed by atoms with van der Waals surface area (Å²) in [6.45, 7) is 2.07. The van der Waals surface area contributed by atoms with Crippen molar-refractivity contribution in [1.82, 2.24) is 4.98 Å². The van der Waals surface area contributed by atoms with Gasteiger partial charge in [-0.2, -0.15) is 0 Å². The Kier molecular flexibility index (Phi) is 2.86. The number of carbonyl (C=O) groups excluding carboxylic acids is 1. The molecule has 0 atom stereocenters. The Morgan fingerprint density at radius 3 is 2.88 bits per heavy atom. The Morgan fingerprint density at radius 1 is 1.44 bits per heavy atom. The molecule has 16 heavy (non-hydrogen) atoms. The molecule has 1 heterocycles. The fraction of sp³-hybridized carbons (Fsp3) is 0.231. The highest BCUT2D eigenvalue weighted by Gasteiger charge is 2.08. The number of fused-ring (bicyclic) bond motifs is 1. The van der Waals surface area contributed by atoms with Crippen LogP contribution in [-0.4, -0.2) is 18.4 Å². The second kappa shape index (κ2) is 4.31. The van der Waals surface area contributed by atoms with Crippen molar-refractivity contribution in [3.63, 3.8) is 0 Å². The molecule has 0 fully saturated rings. The van der Waals surface area contributed by atoms with E-state index in [1.54, 1.807) is 13.2 Å². The summed E-state index contributed by atoms with van der Waals surface area (Å²) in [7, 11) is 1.60. The highest BCUT2D eigenvalue weighted by Crippen LogP contribution is 2.27. The number of pyridine rings is 1. The molecule has 0 aliphatic rings. The first-order valence-electron chi connectivity index (χ1n) is 5.22. The molecular weight excluding hydrogens is 202 g/mol. The lowest BCUT2D eigenvalue weighted by molar-refractivity contribution is 0.111. The first-order valence-corrected chi connectivity index (χ1v) is 5.22. The predicted molar refractivity (Wildman–Crippen MR) is 63.1 cm³/mol. The van der Waals surface area contributed by atoms with Crippen LogP contribution < -0.4 is 4.74 Å². The standard InChI is InChI=1S/C13H13NO2/c1-3-9-5-4-6-11-12(16-2)7-10(8-15)14-13(9)11/h4-8H,3H2,1-2H3. The smallest absolute Gasteiger partial charge is 0.168 e. The fourth-order valence-electron chi connectivity index (χ4n) is 1.81. The maximum absolute atomic E-state index is 10.8. The number of rotatable bonds is 3. The van der Waals surface area contributed by atoms with Crippen LogP contribution in [0, 0.1) is 0 Å². The summed E-state index contributed by atoms with van der Waals surface area (Å²) in [6, 6.07) is 7.61. The molecule has 0 aliphatic carbocycles. The van der Waals surface area contributed by atoms with Gasteiger partial charge in [0.25, 0.3) is 0 Å². The quantitative estimate of drug-likeness (QED) is 0.739. The van der Waals surface area contributed by atoms with Crippen LogP contribution in [0.5, 0.6) is 5.75 Å². The zero-order valence-electron chi connectivity index (χ0n) is 9.36. The minimum atomic E-state index is 0.408. The lowest BCUT2D eigenvalue weighted by Gasteiger charge is -2.08. The number of para-hydroxylation sites is 1. The highest BCUT2D eigenvalue weighted by atomic mass is 16.5. The van der Waals surface area contributed by atoms with Crippen LogP contribution in [-0.2, 0) is 6.42 Å². The normalized spacial score (nSPS) is 10.4. The third-order valence-electron chi connectivity index (χ3n) is 2.63. The van der Waals surface area contributed by atoms with E-state index in [0.29, 0.717) is 11.4 Å². The third kappa shape index (κ3) is 1.65. The fourth-order valence-corrected chi connectivity index (χ4v) is 1.81. The summed E-state index contributed by atoms with van der Waals surface area (Å²) in [5.41, 5.74) is 2.39. The molecule has 2 rings (SSSR count). The van der Waals surface area contributed by atoms with E-state index in [0.717, 1.165) is 29.2 Å². The predicted octanol–water partition coefficient (Wildman–Crippen LogP) is 2.62. The largest absolute Gasteiger partial charge is 0.496 e. The summed E-state index contributed by atoms with van der Waals surface area (Å²) < 4.78 is 5.27. The number of carbonyl (C=O) groups is 1. The van der Waals surface area contributed by atoms with Gasteiger partial charge >= 0.3 is 0 Å². The Hall–Kier alpha value is -1.90. The Morgan fingerprint density at radius 2 is 2.25 bits per heavy atom. The van der Waals surface area contributed by atoms with Crippen LogP contribution >= 0.6 is 0 Å². The number of nitrogens with zero attached hydrogens (tertiary/aromatic N) is 1. The van der Waals surface area contributed by atoms with Crippen LogP contribution in [0.3, 0.4) is 0 Å². The molecule has 0 unspecified atom stereocenters. The van der Waals surface area contributed by atoms with E-state index >= 15 is 0 Å². The lowest BCUT2D eigenvalue weighted by atomic mass is 10.1. The van der Waals surface area contributed by atoms with E-state index in [9.17, 15) is 4.79 Å². The topological polar surface area (TPSA) is 39.2 Å². The van der Waals surface area contributed by atoms with Gasteiger partial charge in [0.05, 0.1) is 12.6 Å². The first kappa shape index (κ1) is 10.6. The van der Waals surface area contributed by atoms with Crippen LogP contribution in [0.15, 0.2) is 24.3 Å². The molecule has 0 amide bonds. The van der Waals surface area contributed by atoms with Gasteiger partial charge in [0.15, 0.2) is 6.29 Å². The van der Waals surface area contributed by atoms with Crippen LogP contribution in [0.1, 0.15) is 23.0 Å².